The molecule has 0 radical (unpaired) electrons. The Kier molecular flexibility index (Phi) is 5.69. The number of fused-ring (bicyclic) bond motifs is 1. The molecule has 1 aromatic carbocycles. The van der Waals surface area contributed by atoms with Crippen LogP contribution in [0, 0.1) is 20.8 Å². The largest absolute Gasteiger partial charge is 0.497 e. The minimum absolute atomic E-state index is 0.110. The van der Waals surface area contributed by atoms with Gasteiger partial charge in [-0.2, -0.15) is 10.2 Å². The van der Waals surface area contributed by atoms with Crippen LogP contribution in [0.4, 0.5) is 0 Å². The first kappa shape index (κ1) is 21.5. The molecule has 3 heterocycles. The van der Waals surface area contributed by atoms with Gasteiger partial charge in [-0.05, 0) is 52.0 Å². The predicted octanol–water partition coefficient (Wildman–Crippen LogP) is 3.58. The molecule has 0 bridgehead atoms. The molecule has 0 aliphatic rings. The van der Waals surface area contributed by atoms with Crippen LogP contribution in [0.1, 0.15) is 34.4 Å². The van der Waals surface area contributed by atoms with Crippen LogP contribution in [0.2, 0.25) is 0 Å². The third kappa shape index (κ3) is 4.08. The number of methoxy groups -OCH3 is 1. The van der Waals surface area contributed by atoms with Gasteiger partial charge < -0.3 is 10.1 Å². The van der Waals surface area contributed by atoms with Crippen molar-refractivity contribution in [3.63, 3.8) is 0 Å². The van der Waals surface area contributed by atoms with Crippen LogP contribution in [0.5, 0.6) is 5.75 Å². The zero-order valence-electron chi connectivity index (χ0n) is 19.3. The van der Waals surface area contributed by atoms with Gasteiger partial charge in [-0.15, -0.1) is 0 Å². The highest BCUT2D eigenvalue weighted by Gasteiger charge is 2.21. The standard InChI is InChI=1S/C24H28N6O2/c1-14-10-16(3)30(27-14)13-15(2)25-24(31)20-12-21(18-8-7-9-19(11-18)32-6)26-23-22(20)17(4)28-29(23)5/h7-12,15H,13H2,1-6H3,(H,25,31)/t15-/m0/s1. The Balaban J connectivity index is 1.71. The highest BCUT2D eigenvalue weighted by Crippen LogP contribution is 2.28. The lowest BCUT2D eigenvalue weighted by atomic mass is 10.0. The number of nitrogens with one attached hydrogen (secondary N) is 1. The van der Waals surface area contributed by atoms with E-state index in [2.05, 4.69) is 15.5 Å². The van der Waals surface area contributed by atoms with Gasteiger partial charge in [-0.25, -0.2) is 4.98 Å². The number of carbonyl (C=O) groups excluding carboxylic acids is 1. The summed E-state index contributed by atoms with van der Waals surface area (Å²) in [6.45, 7) is 8.44. The van der Waals surface area contributed by atoms with Gasteiger partial charge in [-0.3, -0.25) is 14.2 Å². The van der Waals surface area contributed by atoms with E-state index >= 15 is 0 Å². The van der Waals surface area contributed by atoms with Gasteiger partial charge in [0.25, 0.3) is 5.91 Å². The smallest absolute Gasteiger partial charge is 0.252 e. The summed E-state index contributed by atoms with van der Waals surface area (Å²) in [6, 6.07) is 11.4. The number of benzene rings is 1. The summed E-state index contributed by atoms with van der Waals surface area (Å²) in [7, 11) is 3.47. The average molecular weight is 433 g/mol. The summed E-state index contributed by atoms with van der Waals surface area (Å²) in [5.74, 6) is 0.571. The average Bonchev–Trinajstić information content (AvgIpc) is 3.23. The van der Waals surface area contributed by atoms with Crippen molar-refractivity contribution in [3.05, 3.63) is 59.0 Å². The molecule has 0 saturated heterocycles. The van der Waals surface area contributed by atoms with E-state index in [0.29, 0.717) is 23.4 Å². The van der Waals surface area contributed by atoms with E-state index in [1.54, 1.807) is 11.8 Å². The second-order valence-corrected chi connectivity index (χ2v) is 8.18. The van der Waals surface area contributed by atoms with Crippen molar-refractivity contribution in [3.8, 4) is 17.0 Å². The van der Waals surface area contributed by atoms with Crippen LogP contribution >= 0.6 is 0 Å². The third-order valence-corrected chi connectivity index (χ3v) is 5.51. The van der Waals surface area contributed by atoms with Gasteiger partial charge in [0.2, 0.25) is 0 Å². The van der Waals surface area contributed by atoms with Crippen molar-refractivity contribution >= 4 is 16.9 Å². The predicted molar refractivity (Wildman–Crippen MR) is 124 cm³/mol. The van der Waals surface area contributed by atoms with Crippen molar-refractivity contribution in [1.82, 2.24) is 29.9 Å². The molecule has 0 fully saturated rings. The van der Waals surface area contributed by atoms with Gasteiger partial charge in [-0.1, -0.05) is 12.1 Å². The first-order valence-electron chi connectivity index (χ1n) is 10.6. The number of aromatic nitrogens is 5. The maximum absolute atomic E-state index is 13.4. The van der Waals surface area contributed by atoms with Gasteiger partial charge in [0.1, 0.15) is 5.75 Å². The molecule has 0 saturated carbocycles. The van der Waals surface area contributed by atoms with Crippen LogP contribution in [0.3, 0.4) is 0 Å². The number of ether oxygens (including phenoxy) is 1. The fourth-order valence-corrected chi connectivity index (χ4v) is 4.02. The molecule has 4 aromatic rings. The Labute approximate surface area is 187 Å². The van der Waals surface area contributed by atoms with Crippen LogP contribution in [0.25, 0.3) is 22.3 Å². The van der Waals surface area contributed by atoms with E-state index < -0.39 is 0 Å². The van der Waals surface area contributed by atoms with Gasteiger partial charge >= 0.3 is 0 Å². The van der Waals surface area contributed by atoms with Crippen LogP contribution in [-0.2, 0) is 13.6 Å². The molecule has 0 aliphatic carbocycles. The van der Waals surface area contributed by atoms with E-state index in [4.69, 9.17) is 9.72 Å². The molecular formula is C24H28N6O2. The fourth-order valence-electron chi connectivity index (χ4n) is 4.02. The number of carbonyl (C=O) groups is 1. The topological polar surface area (TPSA) is 86.9 Å². The molecule has 166 valence electrons. The minimum atomic E-state index is -0.160. The summed E-state index contributed by atoms with van der Waals surface area (Å²) < 4.78 is 8.99. The molecule has 0 aliphatic heterocycles. The molecular weight excluding hydrogens is 404 g/mol. The zero-order chi connectivity index (χ0) is 23.0. The molecule has 3 aromatic heterocycles. The number of aryl methyl sites for hydroxylation is 4. The molecule has 4 rings (SSSR count). The molecule has 1 amide bonds. The SMILES string of the molecule is COc1cccc(-c2cc(C(=O)N[C@@H](C)Cn3nc(C)cc3C)c3c(C)nn(C)c3n2)c1. The number of rotatable bonds is 6. The van der Waals surface area contributed by atoms with E-state index in [0.717, 1.165) is 33.8 Å². The van der Waals surface area contributed by atoms with E-state index in [1.807, 2.05) is 75.8 Å². The summed E-state index contributed by atoms with van der Waals surface area (Å²) in [5, 5.41) is 12.9. The summed E-state index contributed by atoms with van der Waals surface area (Å²) in [5.41, 5.74) is 5.58. The Morgan fingerprint density at radius 2 is 1.94 bits per heavy atom. The quantitative estimate of drug-likeness (QED) is 0.503. The lowest BCUT2D eigenvalue weighted by molar-refractivity contribution is 0.0937. The molecule has 0 unspecified atom stereocenters. The fraction of sp³-hybridized carbons (Fsp3) is 0.333. The van der Waals surface area contributed by atoms with Crippen LogP contribution < -0.4 is 10.1 Å². The minimum Gasteiger partial charge on any atom is -0.497 e. The van der Waals surface area contributed by atoms with Crippen LogP contribution in [0.15, 0.2) is 36.4 Å². The highest BCUT2D eigenvalue weighted by atomic mass is 16.5. The number of hydrogen-bond acceptors (Lipinski definition) is 5. The van der Waals surface area contributed by atoms with Gasteiger partial charge in [0.05, 0.1) is 41.7 Å². The Morgan fingerprint density at radius 3 is 2.62 bits per heavy atom. The first-order valence-corrected chi connectivity index (χ1v) is 10.6. The Hall–Kier alpha value is -3.68. The lowest BCUT2D eigenvalue weighted by Gasteiger charge is -2.16. The zero-order valence-corrected chi connectivity index (χ0v) is 19.3. The monoisotopic (exact) mass is 432 g/mol. The van der Waals surface area contributed by atoms with Crippen molar-refractivity contribution in [2.75, 3.05) is 7.11 Å². The van der Waals surface area contributed by atoms with Crippen LogP contribution in [-0.4, -0.2) is 43.6 Å². The van der Waals surface area contributed by atoms with Crippen molar-refractivity contribution in [1.29, 1.82) is 0 Å². The van der Waals surface area contributed by atoms with Crippen molar-refractivity contribution < 1.29 is 9.53 Å². The molecule has 1 N–H and O–H groups in total. The van der Waals surface area contributed by atoms with E-state index in [-0.39, 0.29) is 11.9 Å². The number of amides is 1. The second-order valence-electron chi connectivity index (χ2n) is 8.18. The number of hydrogen-bond donors (Lipinski definition) is 1. The van der Waals surface area contributed by atoms with Crippen molar-refractivity contribution in [2.24, 2.45) is 7.05 Å². The molecule has 0 spiro atoms. The van der Waals surface area contributed by atoms with E-state index in [9.17, 15) is 4.79 Å². The second kappa shape index (κ2) is 8.45. The van der Waals surface area contributed by atoms with Crippen molar-refractivity contribution in [2.45, 2.75) is 40.3 Å². The molecule has 32 heavy (non-hydrogen) atoms. The Bertz CT molecular complexity index is 1300. The maximum Gasteiger partial charge on any atom is 0.252 e. The first-order chi connectivity index (χ1) is 15.3. The maximum atomic E-state index is 13.4. The highest BCUT2D eigenvalue weighted by molar-refractivity contribution is 6.07. The number of pyridine rings is 1. The summed E-state index contributed by atoms with van der Waals surface area (Å²) in [6.07, 6.45) is 0. The molecule has 8 nitrogen and oxygen atoms in total. The van der Waals surface area contributed by atoms with Gasteiger partial charge in [0.15, 0.2) is 5.65 Å². The molecule has 1 atom stereocenters. The third-order valence-electron chi connectivity index (χ3n) is 5.51. The molecule has 8 heteroatoms. The van der Waals surface area contributed by atoms with Gasteiger partial charge in [0, 0.05) is 24.3 Å². The summed E-state index contributed by atoms with van der Waals surface area (Å²) in [4.78, 5) is 18.2. The van der Waals surface area contributed by atoms with E-state index in [1.165, 1.54) is 0 Å². The number of nitrogens with zero attached hydrogens (tertiary/aromatic N) is 5. The Morgan fingerprint density at radius 1 is 1.16 bits per heavy atom. The lowest BCUT2D eigenvalue weighted by Crippen LogP contribution is -2.36. The summed E-state index contributed by atoms with van der Waals surface area (Å²) >= 11 is 0. The normalized spacial score (nSPS) is 12.2.